The molecule has 3 N–H and O–H groups in total. The van der Waals surface area contributed by atoms with Gasteiger partial charge in [0.15, 0.2) is 11.6 Å². The Morgan fingerprint density at radius 2 is 1.11 bits per heavy atom. The molecule has 18 heavy (non-hydrogen) atoms. The molecule has 2 rings (SSSR count). The average molecular weight is 280 g/mol. The Hall–Kier alpha value is -0.590. The first-order valence-electron chi connectivity index (χ1n) is 4.43. The summed E-state index contributed by atoms with van der Waals surface area (Å²) in [5.74, 6) is -0.185. The maximum atomic E-state index is 11.2. The summed E-state index contributed by atoms with van der Waals surface area (Å²) in [6.07, 6.45) is 2.62. The number of hydrogen-bond donors (Lipinski definition) is 3. The van der Waals surface area contributed by atoms with Crippen LogP contribution < -0.4 is 0 Å². The molecule has 0 amide bonds. The molecule has 0 aromatic heterocycles. The zero-order valence-electron chi connectivity index (χ0n) is 8.48. The van der Waals surface area contributed by atoms with Gasteiger partial charge in [0.05, 0.1) is 0 Å². The van der Waals surface area contributed by atoms with Crippen LogP contribution in [0.5, 0.6) is 0 Å². The molecule has 0 heterocycles. The van der Waals surface area contributed by atoms with Gasteiger partial charge in [-0.15, -0.1) is 0 Å². The number of allylic oxidation sites excluding steroid dienone is 2. The average Bonchev–Trinajstić information content (AvgIpc) is 2.22. The Labute approximate surface area is 125 Å². The van der Waals surface area contributed by atoms with E-state index in [1.54, 1.807) is 24.3 Å². The van der Waals surface area contributed by atoms with Crippen molar-refractivity contribution in [3.05, 3.63) is 47.5 Å². The molecule has 0 saturated heterocycles. The van der Waals surface area contributed by atoms with E-state index in [-0.39, 0.29) is 41.1 Å². The maximum absolute atomic E-state index is 11.2. The van der Waals surface area contributed by atoms with E-state index in [1.165, 1.54) is 12.2 Å². The first-order valence-corrected chi connectivity index (χ1v) is 5.99. The summed E-state index contributed by atoms with van der Waals surface area (Å²) in [6, 6.07) is 6.84. The van der Waals surface area contributed by atoms with Crippen LogP contribution in [0.25, 0.3) is 0 Å². The Morgan fingerprint density at radius 1 is 0.833 bits per heavy atom. The molecule has 0 atom stereocenters. The van der Waals surface area contributed by atoms with Crippen molar-refractivity contribution >= 4 is 48.9 Å². The van der Waals surface area contributed by atoms with E-state index >= 15 is 0 Å². The van der Waals surface area contributed by atoms with Gasteiger partial charge in [-0.1, -0.05) is 24.3 Å². The van der Waals surface area contributed by atoms with Crippen LogP contribution in [0.15, 0.2) is 36.4 Å². The molecule has 0 spiro atoms. The molecular weight excluding hydrogens is 270 g/mol. The number of fused-ring (bicyclic) bond motifs is 1. The van der Waals surface area contributed by atoms with Gasteiger partial charge in [-0.05, 0) is 12.2 Å². The van der Waals surface area contributed by atoms with Gasteiger partial charge in [0.2, 0.25) is 0 Å². The number of benzene rings is 1. The molecule has 0 unspecified atom stereocenters. The first kappa shape index (κ1) is 17.4. The molecular formula is C10H10NaO6P. The fourth-order valence-corrected chi connectivity index (χ4v) is 1.24. The Bertz CT molecular complexity index is 488. The van der Waals surface area contributed by atoms with E-state index in [4.69, 9.17) is 19.2 Å². The number of ketones is 2. The summed E-state index contributed by atoms with van der Waals surface area (Å²) in [7, 11) is -4.64. The molecule has 0 aliphatic heterocycles. The second kappa shape index (κ2) is 7.11. The predicted molar refractivity (Wildman–Crippen MR) is 65.7 cm³/mol. The van der Waals surface area contributed by atoms with Crippen molar-refractivity contribution in [2.45, 2.75) is 0 Å². The molecule has 1 aromatic carbocycles. The van der Waals surface area contributed by atoms with Crippen LogP contribution in [-0.2, 0) is 4.57 Å². The molecule has 0 fully saturated rings. The van der Waals surface area contributed by atoms with Crippen LogP contribution in [0.2, 0.25) is 0 Å². The van der Waals surface area contributed by atoms with Crippen molar-refractivity contribution in [1.29, 1.82) is 0 Å². The van der Waals surface area contributed by atoms with E-state index in [1.807, 2.05) is 0 Å². The van der Waals surface area contributed by atoms with Gasteiger partial charge < -0.3 is 14.7 Å². The fourth-order valence-electron chi connectivity index (χ4n) is 1.24. The normalized spacial score (nSPS) is 13.1. The fraction of sp³-hybridized carbons (Fsp3) is 0. The summed E-state index contributed by atoms with van der Waals surface area (Å²) < 4.78 is 8.88. The summed E-state index contributed by atoms with van der Waals surface area (Å²) in [5, 5.41) is 0. The van der Waals surface area contributed by atoms with E-state index in [9.17, 15) is 9.59 Å². The molecule has 1 aliphatic carbocycles. The predicted octanol–water partition coefficient (Wildman–Crippen LogP) is 0.0447. The van der Waals surface area contributed by atoms with E-state index in [2.05, 4.69) is 0 Å². The van der Waals surface area contributed by atoms with Crippen molar-refractivity contribution < 1.29 is 28.8 Å². The monoisotopic (exact) mass is 280 g/mol. The van der Waals surface area contributed by atoms with E-state index in [0.717, 1.165) is 0 Å². The number of carbonyl (C=O) groups is 2. The van der Waals surface area contributed by atoms with Gasteiger partial charge in [0, 0.05) is 11.1 Å². The van der Waals surface area contributed by atoms with Crippen LogP contribution in [0.4, 0.5) is 0 Å². The van der Waals surface area contributed by atoms with Crippen LogP contribution >= 0.6 is 7.82 Å². The number of hydrogen-bond acceptors (Lipinski definition) is 3. The summed E-state index contributed by atoms with van der Waals surface area (Å²) in [6.45, 7) is 0. The Morgan fingerprint density at radius 3 is 1.39 bits per heavy atom. The molecule has 1 aliphatic rings. The minimum atomic E-state index is -4.64. The molecule has 6 nitrogen and oxygen atoms in total. The Balaban J connectivity index is 0.000000421. The van der Waals surface area contributed by atoms with Crippen LogP contribution in [0, 0.1) is 0 Å². The SMILES string of the molecule is O=C1C=CC(=O)c2ccccc21.O=P(O)(O)O.[NaH]. The zero-order valence-corrected chi connectivity index (χ0v) is 9.37. The third-order valence-electron chi connectivity index (χ3n) is 1.84. The van der Waals surface area contributed by atoms with Gasteiger partial charge in [-0.2, -0.15) is 0 Å². The topological polar surface area (TPSA) is 112 Å². The van der Waals surface area contributed by atoms with Gasteiger partial charge in [0.1, 0.15) is 0 Å². The van der Waals surface area contributed by atoms with Crippen molar-refractivity contribution in [1.82, 2.24) is 0 Å². The van der Waals surface area contributed by atoms with Crippen molar-refractivity contribution in [3.8, 4) is 0 Å². The van der Waals surface area contributed by atoms with Crippen LogP contribution in [-0.4, -0.2) is 55.8 Å². The van der Waals surface area contributed by atoms with Crippen molar-refractivity contribution in [2.75, 3.05) is 0 Å². The zero-order chi connectivity index (χ0) is 13.1. The third-order valence-corrected chi connectivity index (χ3v) is 1.84. The summed E-state index contributed by atoms with van der Waals surface area (Å²) in [5.41, 5.74) is 1.01. The van der Waals surface area contributed by atoms with Gasteiger partial charge in [0.25, 0.3) is 0 Å². The van der Waals surface area contributed by atoms with Crippen LogP contribution in [0.3, 0.4) is 0 Å². The standard InChI is InChI=1S/C10H6O2.Na.H3O4P.H/c11-9-5-6-10(12)8-4-2-1-3-7(8)9;;1-5(2,3)4;/h1-6H;;(H3,1,2,3,4);. The molecule has 92 valence electrons. The van der Waals surface area contributed by atoms with Crippen LogP contribution in [0.1, 0.15) is 20.7 Å². The number of phosphoric acid groups is 1. The second-order valence-electron chi connectivity index (χ2n) is 3.12. The molecule has 8 heteroatoms. The van der Waals surface area contributed by atoms with Crippen molar-refractivity contribution in [2.24, 2.45) is 0 Å². The number of carbonyl (C=O) groups excluding carboxylic acids is 2. The molecule has 0 saturated carbocycles. The number of rotatable bonds is 0. The molecule has 0 bridgehead atoms. The van der Waals surface area contributed by atoms with E-state index < -0.39 is 7.82 Å². The first-order chi connectivity index (χ1) is 7.79. The molecule has 0 radical (unpaired) electrons. The van der Waals surface area contributed by atoms with Gasteiger partial charge in [-0.25, -0.2) is 4.57 Å². The Kier molecular flexibility index (Phi) is 6.88. The van der Waals surface area contributed by atoms with Crippen molar-refractivity contribution in [3.63, 3.8) is 0 Å². The van der Waals surface area contributed by atoms with E-state index in [0.29, 0.717) is 11.1 Å². The second-order valence-corrected chi connectivity index (χ2v) is 4.15. The van der Waals surface area contributed by atoms with Gasteiger partial charge in [-0.3, -0.25) is 9.59 Å². The van der Waals surface area contributed by atoms with Gasteiger partial charge >= 0.3 is 37.4 Å². The summed E-state index contributed by atoms with van der Waals surface area (Å²) >= 11 is 0. The molecule has 1 aromatic rings. The third kappa shape index (κ3) is 5.84. The minimum absolute atomic E-state index is 0. The summed E-state index contributed by atoms with van der Waals surface area (Å²) in [4.78, 5) is 43.9. The quantitative estimate of drug-likeness (QED) is 0.457.